The van der Waals surface area contributed by atoms with Gasteiger partial charge >= 0.3 is 5.97 Å². The summed E-state index contributed by atoms with van der Waals surface area (Å²) >= 11 is 1.49. The van der Waals surface area contributed by atoms with Crippen molar-refractivity contribution in [3.8, 4) is 10.7 Å². The molecule has 1 atom stereocenters. The van der Waals surface area contributed by atoms with Crippen molar-refractivity contribution >= 4 is 23.2 Å². The van der Waals surface area contributed by atoms with Gasteiger partial charge < -0.3 is 14.9 Å². The second kappa shape index (κ2) is 7.64. The number of hydrogen-bond donors (Lipinski definition) is 2. The van der Waals surface area contributed by atoms with Crippen LogP contribution in [0.2, 0.25) is 0 Å². The van der Waals surface area contributed by atoms with Gasteiger partial charge in [0.1, 0.15) is 6.67 Å². The summed E-state index contributed by atoms with van der Waals surface area (Å²) in [6.07, 6.45) is 0.843. The number of rotatable bonds is 8. The lowest BCUT2D eigenvalue weighted by molar-refractivity contribution is -0.142. The summed E-state index contributed by atoms with van der Waals surface area (Å²) in [5.41, 5.74) is 0. The van der Waals surface area contributed by atoms with Gasteiger partial charge in [-0.3, -0.25) is 4.79 Å². The number of carboxylic acids is 1. The molecule has 2 N–H and O–H groups in total. The molecule has 0 spiro atoms. The highest BCUT2D eigenvalue weighted by Crippen LogP contribution is 2.21. The summed E-state index contributed by atoms with van der Waals surface area (Å²) in [6.45, 7) is -1.14. The Labute approximate surface area is 129 Å². The fourth-order valence-electron chi connectivity index (χ4n) is 1.70. The van der Waals surface area contributed by atoms with Gasteiger partial charge in [-0.15, -0.1) is 11.3 Å². The van der Waals surface area contributed by atoms with E-state index in [-0.39, 0.29) is 6.42 Å². The molecule has 2 heterocycles. The van der Waals surface area contributed by atoms with Crippen molar-refractivity contribution < 1.29 is 23.6 Å². The third-order valence-corrected chi connectivity index (χ3v) is 3.66. The molecule has 7 nitrogen and oxygen atoms in total. The van der Waals surface area contributed by atoms with E-state index in [1.165, 1.54) is 11.3 Å². The van der Waals surface area contributed by atoms with Crippen molar-refractivity contribution in [1.82, 2.24) is 15.5 Å². The van der Waals surface area contributed by atoms with Crippen LogP contribution in [-0.2, 0) is 16.0 Å². The van der Waals surface area contributed by atoms with Gasteiger partial charge in [0.25, 0.3) is 0 Å². The Balaban J connectivity index is 1.77. The number of hydrogen-bond acceptors (Lipinski definition) is 6. The number of carbonyl (C=O) groups excluding carboxylic acids is 1. The molecule has 1 amide bonds. The number of nitrogens with one attached hydrogen (secondary N) is 1. The Morgan fingerprint density at radius 1 is 1.50 bits per heavy atom. The molecule has 2 aromatic rings. The van der Waals surface area contributed by atoms with Gasteiger partial charge in [-0.1, -0.05) is 11.2 Å². The van der Waals surface area contributed by atoms with Crippen LogP contribution in [0.15, 0.2) is 22.0 Å². The maximum atomic E-state index is 12.4. The van der Waals surface area contributed by atoms with Crippen molar-refractivity contribution in [2.24, 2.45) is 0 Å². The standard InChI is InChI=1S/C13H14FN3O4S/c14-7-8(13(19)20)15-10(18)4-1-5-11-16-12(17-21-11)9-3-2-6-22-9/h2-3,6,8H,1,4-5,7H2,(H,15,18)(H,19,20). The maximum Gasteiger partial charge on any atom is 0.328 e. The van der Waals surface area contributed by atoms with Gasteiger partial charge in [0, 0.05) is 12.8 Å². The van der Waals surface area contributed by atoms with E-state index >= 15 is 0 Å². The molecule has 0 fully saturated rings. The summed E-state index contributed by atoms with van der Waals surface area (Å²) in [5, 5.41) is 16.5. The molecule has 0 aliphatic rings. The number of aliphatic carboxylic acids is 1. The fraction of sp³-hybridized carbons (Fsp3) is 0.385. The van der Waals surface area contributed by atoms with Crippen LogP contribution in [0.3, 0.4) is 0 Å². The molecule has 2 aromatic heterocycles. The summed E-state index contributed by atoms with van der Waals surface area (Å²) in [4.78, 5) is 27.2. The summed E-state index contributed by atoms with van der Waals surface area (Å²) in [7, 11) is 0. The van der Waals surface area contributed by atoms with E-state index in [2.05, 4.69) is 15.5 Å². The fourth-order valence-corrected chi connectivity index (χ4v) is 2.34. The molecule has 0 bridgehead atoms. The van der Waals surface area contributed by atoms with Crippen molar-refractivity contribution in [3.63, 3.8) is 0 Å². The molecule has 0 aliphatic carbocycles. The van der Waals surface area contributed by atoms with E-state index < -0.39 is 24.6 Å². The molecule has 2 rings (SSSR count). The predicted molar refractivity (Wildman–Crippen MR) is 76.1 cm³/mol. The van der Waals surface area contributed by atoms with Crippen LogP contribution in [0, 0.1) is 0 Å². The van der Waals surface area contributed by atoms with Crippen LogP contribution >= 0.6 is 11.3 Å². The summed E-state index contributed by atoms with van der Waals surface area (Å²) in [5.74, 6) is -1.02. The first-order chi connectivity index (χ1) is 10.6. The number of thiophene rings is 1. The van der Waals surface area contributed by atoms with Crippen molar-refractivity contribution in [3.05, 3.63) is 23.4 Å². The quantitative estimate of drug-likeness (QED) is 0.764. The number of carboxylic acid groups (broad SMARTS) is 1. The van der Waals surface area contributed by atoms with Crippen molar-refractivity contribution in [2.75, 3.05) is 6.67 Å². The second-order valence-corrected chi connectivity index (χ2v) is 5.40. The number of alkyl halides is 1. The number of amides is 1. The van der Waals surface area contributed by atoms with E-state index in [1.54, 1.807) is 0 Å². The zero-order valence-electron chi connectivity index (χ0n) is 11.5. The van der Waals surface area contributed by atoms with Crippen LogP contribution in [0.4, 0.5) is 4.39 Å². The highest BCUT2D eigenvalue weighted by Gasteiger charge is 2.19. The minimum Gasteiger partial charge on any atom is -0.480 e. The first-order valence-electron chi connectivity index (χ1n) is 6.54. The number of aromatic nitrogens is 2. The van der Waals surface area contributed by atoms with Crippen molar-refractivity contribution in [2.45, 2.75) is 25.3 Å². The van der Waals surface area contributed by atoms with Crippen LogP contribution in [0.5, 0.6) is 0 Å². The maximum absolute atomic E-state index is 12.4. The lowest BCUT2D eigenvalue weighted by Crippen LogP contribution is -2.42. The lowest BCUT2D eigenvalue weighted by atomic mass is 10.2. The molecule has 9 heteroatoms. The molecule has 0 saturated heterocycles. The third kappa shape index (κ3) is 4.35. The Morgan fingerprint density at radius 2 is 2.32 bits per heavy atom. The topological polar surface area (TPSA) is 105 Å². The highest BCUT2D eigenvalue weighted by molar-refractivity contribution is 7.13. The van der Waals surface area contributed by atoms with Gasteiger partial charge in [-0.25, -0.2) is 9.18 Å². The highest BCUT2D eigenvalue weighted by atomic mass is 32.1. The molecular formula is C13H14FN3O4S. The Kier molecular flexibility index (Phi) is 5.59. The van der Waals surface area contributed by atoms with Gasteiger partial charge in [0.2, 0.25) is 17.6 Å². The Bertz CT molecular complexity index is 629. The number of carbonyl (C=O) groups is 2. The van der Waals surface area contributed by atoms with E-state index in [1.807, 2.05) is 17.5 Å². The first-order valence-corrected chi connectivity index (χ1v) is 7.42. The van der Waals surface area contributed by atoms with E-state index in [0.29, 0.717) is 24.6 Å². The van der Waals surface area contributed by atoms with Crippen LogP contribution < -0.4 is 5.32 Å². The van der Waals surface area contributed by atoms with Gasteiger partial charge in [0.05, 0.1) is 4.88 Å². The van der Waals surface area contributed by atoms with Gasteiger partial charge in [-0.2, -0.15) is 4.98 Å². The smallest absolute Gasteiger partial charge is 0.328 e. The molecule has 0 radical (unpaired) electrons. The molecule has 0 aliphatic heterocycles. The van der Waals surface area contributed by atoms with Crippen LogP contribution in [-0.4, -0.2) is 39.8 Å². The van der Waals surface area contributed by atoms with Crippen molar-refractivity contribution in [1.29, 1.82) is 0 Å². The lowest BCUT2D eigenvalue weighted by Gasteiger charge is -2.09. The zero-order valence-corrected chi connectivity index (χ0v) is 12.3. The predicted octanol–water partition coefficient (Wildman–Crippen LogP) is 1.66. The van der Waals surface area contributed by atoms with Gasteiger partial charge in [-0.05, 0) is 17.9 Å². The molecule has 0 saturated carbocycles. The molecule has 118 valence electrons. The SMILES string of the molecule is O=C(CCCc1nc(-c2cccs2)no1)NC(CF)C(=O)O. The van der Waals surface area contributed by atoms with Crippen LogP contribution in [0.25, 0.3) is 10.7 Å². The zero-order chi connectivity index (χ0) is 15.9. The molecular weight excluding hydrogens is 313 g/mol. The third-order valence-electron chi connectivity index (χ3n) is 2.79. The average Bonchev–Trinajstić information content (AvgIpc) is 3.15. The first kappa shape index (κ1) is 16.1. The number of halogens is 1. The number of nitrogens with zero attached hydrogens (tertiary/aromatic N) is 2. The normalized spacial score (nSPS) is 12.0. The summed E-state index contributed by atoms with van der Waals surface area (Å²) < 4.78 is 17.4. The molecule has 0 aromatic carbocycles. The Morgan fingerprint density at radius 3 is 2.95 bits per heavy atom. The summed E-state index contributed by atoms with van der Waals surface area (Å²) in [6, 6.07) is 2.25. The second-order valence-electron chi connectivity index (χ2n) is 4.46. The minimum absolute atomic E-state index is 0.0560. The molecule has 22 heavy (non-hydrogen) atoms. The average molecular weight is 327 g/mol. The van der Waals surface area contributed by atoms with E-state index in [0.717, 1.165) is 4.88 Å². The largest absolute Gasteiger partial charge is 0.480 e. The van der Waals surface area contributed by atoms with E-state index in [9.17, 15) is 14.0 Å². The molecule has 1 unspecified atom stereocenters. The number of aryl methyl sites for hydroxylation is 1. The monoisotopic (exact) mass is 327 g/mol. The van der Waals surface area contributed by atoms with E-state index in [4.69, 9.17) is 9.63 Å². The van der Waals surface area contributed by atoms with Gasteiger partial charge in [0.15, 0.2) is 6.04 Å². The Hall–Kier alpha value is -2.29. The minimum atomic E-state index is -1.50. The van der Waals surface area contributed by atoms with Crippen LogP contribution in [0.1, 0.15) is 18.7 Å².